The summed E-state index contributed by atoms with van der Waals surface area (Å²) in [7, 11) is 0. The van der Waals surface area contributed by atoms with Crippen LogP contribution < -0.4 is 15.2 Å². The van der Waals surface area contributed by atoms with E-state index in [0.717, 1.165) is 12.2 Å². The van der Waals surface area contributed by atoms with E-state index in [0.29, 0.717) is 12.4 Å². The summed E-state index contributed by atoms with van der Waals surface area (Å²) in [5, 5.41) is 10.6. The van der Waals surface area contributed by atoms with Crippen LogP contribution in [0, 0.1) is 10.1 Å². The van der Waals surface area contributed by atoms with Crippen molar-refractivity contribution in [3.05, 3.63) is 46.5 Å². The molecular weight excluding hydrogens is 274 g/mol. The molecule has 0 saturated carbocycles. The van der Waals surface area contributed by atoms with Gasteiger partial charge in [0.2, 0.25) is 11.7 Å². The largest absolute Gasteiger partial charge is 0.494 e. The number of hydrogen-bond acceptors (Lipinski definition) is 6. The van der Waals surface area contributed by atoms with Crippen LogP contribution in [-0.2, 0) is 0 Å². The Morgan fingerprint density at radius 3 is 2.43 bits per heavy atom. The molecule has 0 spiro atoms. The minimum Gasteiger partial charge on any atom is -0.494 e. The van der Waals surface area contributed by atoms with Gasteiger partial charge in [0.15, 0.2) is 0 Å². The van der Waals surface area contributed by atoms with Crippen molar-refractivity contribution in [3.8, 4) is 17.4 Å². The highest BCUT2D eigenvalue weighted by molar-refractivity contribution is 5.53. The fourth-order valence-electron chi connectivity index (χ4n) is 1.60. The third-order valence-electron chi connectivity index (χ3n) is 2.59. The lowest BCUT2D eigenvalue weighted by atomic mass is 10.3. The standard InChI is InChI=1S/C14H15N3O4/c1-2-9-20-10-3-5-11(6-4-10)21-13-8-7-12(17(18)19)14(15)16-13/h3-8H,2,9H2,1H3,(H2,15,16). The molecular formula is C14H15N3O4. The molecule has 0 fully saturated rings. The first kappa shape index (κ1) is 14.6. The smallest absolute Gasteiger partial charge is 0.311 e. The predicted octanol–water partition coefficient (Wildman–Crippen LogP) is 3.15. The van der Waals surface area contributed by atoms with Gasteiger partial charge in [-0.25, -0.2) is 0 Å². The van der Waals surface area contributed by atoms with Gasteiger partial charge in [0.1, 0.15) is 11.5 Å². The number of nitrogens with zero attached hydrogens (tertiary/aromatic N) is 2. The van der Waals surface area contributed by atoms with E-state index in [2.05, 4.69) is 4.98 Å². The maximum atomic E-state index is 10.6. The number of pyridine rings is 1. The Morgan fingerprint density at radius 1 is 1.19 bits per heavy atom. The molecule has 1 heterocycles. The molecule has 0 aliphatic heterocycles. The molecule has 0 bridgehead atoms. The normalized spacial score (nSPS) is 10.1. The highest BCUT2D eigenvalue weighted by atomic mass is 16.6. The monoisotopic (exact) mass is 289 g/mol. The van der Waals surface area contributed by atoms with Gasteiger partial charge in [0.25, 0.3) is 0 Å². The highest BCUT2D eigenvalue weighted by Gasteiger charge is 2.13. The molecule has 0 unspecified atom stereocenters. The maximum absolute atomic E-state index is 10.6. The molecule has 0 atom stereocenters. The number of nitrogens with two attached hydrogens (primary N) is 1. The summed E-state index contributed by atoms with van der Waals surface area (Å²) in [5.74, 6) is 1.31. The lowest BCUT2D eigenvalue weighted by molar-refractivity contribution is -0.384. The number of anilines is 1. The molecule has 0 radical (unpaired) electrons. The molecule has 0 saturated heterocycles. The van der Waals surface area contributed by atoms with Crippen molar-refractivity contribution < 1.29 is 14.4 Å². The van der Waals surface area contributed by atoms with Gasteiger partial charge in [-0.15, -0.1) is 0 Å². The molecule has 0 amide bonds. The zero-order valence-corrected chi connectivity index (χ0v) is 11.5. The zero-order chi connectivity index (χ0) is 15.2. The highest BCUT2D eigenvalue weighted by Crippen LogP contribution is 2.26. The van der Waals surface area contributed by atoms with E-state index in [4.69, 9.17) is 15.2 Å². The van der Waals surface area contributed by atoms with Gasteiger partial charge < -0.3 is 15.2 Å². The molecule has 110 valence electrons. The van der Waals surface area contributed by atoms with Gasteiger partial charge in [-0.05, 0) is 30.7 Å². The van der Waals surface area contributed by atoms with Crippen molar-refractivity contribution in [1.82, 2.24) is 4.98 Å². The summed E-state index contributed by atoms with van der Waals surface area (Å²) in [6.45, 7) is 2.68. The second-order valence-electron chi connectivity index (χ2n) is 4.23. The molecule has 0 aliphatic carbocycles. The number of benzene rings is 1. The van der Waals surface area contributed by atoms with Crippen molar-refractivity contribution in [2.75, 3.05) is 12.3 Å². The first-order valence-electron chi connectivity index (χ1n) is 6.41. The maximum Gasteiger partial charge on any atom is 0.311 e. The lowest BCUT2D eigenvalue weighted by Gasteiger charge is -2.07. The SMILES string of the molecule is CCCOc1ccc(Oc2ccc([N+](=O)[O-])c(N)n2)cc1. The van der Waals surface area contributed by atoms with Crippen LogP contribution in [0.2, 0.25) is 0 Å². The molecule has 7 nitrogen and oxygen atoms in total. The van der Waals surface area contributed by atoms with E-state index in [1.165, 1.54) is 12.1 Å². The summed E-state index contributed by atoms with van der Waals surface area (Å²) in [5.41, 5.74) is 5.26. The first-order chi connectivity index (χ1) is 10.1. The molecule has 21 heavy (non-hydrogen) atoms. The van der Waals surface area contributed by atoms with Gasteiger partial charge in [-0.3, -0.25) is 10.1 Å². The van der Waals surface area contributed by atoms with E-state index in [1.54, 1.807) is 24.3 Å². The number of hydrogen-bond donors (Lipinski definition) is 1. The van der Waals surface area contributed by atoms with E-state index >= 15 is 0 Å². The van der Waals surface area contributed by atoms with E-state index in [-0.39, 0.29) is 17.4 Å². The topological polar surface area (TPSA) is 101 Å². The van der Waals surface area contributed by atoms with Crippen LogP contribution in [0.4, 0.5) is 11.5 Å². The number of aromatic nitrogens is 1. The van der Waals surface area contributed by atoms with Crippen LogP contribution in [0.3, 0.4) is 0 Å². The molecule has 1 aromatic carbocycles. The molecule has 2 rings (SSSR count). The molecule has 7 heteroatoms. The summed E-state index contributed by atoms with van der Waals surface area (Å²) in [4.78, 5) is 13.9. The van der Waals surface area contributed by atoms with Crippen molar-refractivity contribution in [1.29, 1.82) is 0 Å². The van der Waals surface area contributed by atoms with Crippen molar-refractivity contribution in [2.24, 2.45) is 0 Å². The van der Waals surface area contributed by atoms with Gasteiger partial charge in [-0.1, -0.05) is 6.92 Å². The van der Waals surface area contributed by atoms with Gasteiger partial charge in [-0.2, -0.15) is 4.98 Å². The Bertz CT molecular complexity index is 629. The molecule has 1 aromatic heterocycles. The quantitative estimate of drug-likeness (QED) is 0.647. The average molecular weight is 289 g/mol. The average Bonchev–Trinajstić information content (AvgIpc) is 2.46. The predicted molar refractivity (Wildman–Crippen MR) is 77.6 cm³/mol. The fourth-order valence-corrected chi connectivity index (χ4v) is 1.60. The number of rotatable bonds is 6. The first-order valence-corrected chi connectivity index (χ1v) is 6.41. The van der Waals surface area contributed by atoms with Crippen LogP contribution >= 0.6 is 0 Å². The third kappa shape index (κ3) is 3.82. The Hall–Kier alpha value is -2.83. The fraction of sp³-hybridized carbons (Fsp3) is 0.214. The van der Waals surface area contributed by atoms with Crippen molar-refractivity contribution in [3.63, 3.8) is 0 Å². The molecule has 2 N–H and O–H groups in total. The van der Waals surface area contributed by atoms with Crippen molar-refractivity contribution >= 4 is 11.5 Å². The van der Waals surface area contributed by atoms with Crippen LogP contribution in [0.15, 0.2) is 36.4 Å². The second kappa shape index (κ2) is 6.56. The summed E-state index contributed by atoms with van der Waals surface area (Å²) < 4.78 is 10.9. The Balaban J connectivity index is 2.07. The van der Waals surface area contributed by atoms with Crippen LogP contribution in [0.25, 0.3) is 0 Å². The number of nitro groups is 1. The van der Waals surface area contributed by atoms with Crippen LogP contribution in [0.5, 0.6) is 17.4 Å². The van der Waals surface area contributed by atoms with Gasteiger partial charge in [0, 0.05) is 12.1 Å². The summed E-state index contributed by atoms with van der Waals surface area (Å²) >= 11 is 0. The van der Waals surface area contributed by atoms with Gasteiger partial charge >= 0.3 is 5.69 Å². The molecule has 2 aromatic rings. The Kier molecular flexibility index (Phi) is 4.55. The second-order valence-corrected chi connectivity index (χ2v) is 4.23. The van der Waals surface area contributed by atoms with E-state index < -0.39 is 4.92 Å². The minimum absolute atomic E-state index is 0.180. The lowest BCUT2D eigenvalue weighted by Crippen LogP contribution is -1.99. The molecule has 0 aliphatic rings. The van der Waals surface area contributed by atoms with Crippen LogP contribution in [-0.4, -0.2) is 16.5 Å². The number of nitrogen functional groups attached to an aromatic ring is 1. The summed E-state index contributed by atoms with van der Waals surface area (Å²) in [6, 6.07) is 9.67. The zero-order valence-electron chi connectivity index (χ0n) is 11.5. The van der Waals surface area contributed by atoms with Crippen molar-refractivity contribution in [2.45, 2.75) is 13.3 Å². The van der Waals surface area contributed by atoms with Crippen LogP contribution in [0.1, 0.15) is 13.3 Å². The van der Waals surface area contributed by atoms with E-state index in [9.17, 15) is 10.1 Å². The summed E-state index contributed by atoms with van der Waals surface area (Å²) in [6.07, 6.45) is 0.935. The van der Waals surface area contributed by atoms with Gasteiger partial charge in [0.05, 0.1) is 11.5 Å². The third-order valence-corrected chi connectivity index (χ3v) is 2.59. The Morgan fingerprint density at radius 2 is 1.86 bits per heavy atom. The number of ether oxygens (including phenoxy) is 2. The Labute approximate surface area is 121 Å². The van der Waals surface area contributed by atoms with E-state index in [1.807, 2.05) is 6.92 Å². The minimum atomic E-state index is -0.591.